The summed E-state index contributed by atoms with van der Waals surface area (Å²) in [6.07, 6.45) is 2.64. The summed E-state index contributed by atoms with van der Waals surface area (Å²) in [4.78, 5) is 0. The molecular weight excluding hydrogens is 157 g/mol. The molecule has 0 unspecified atom stereocenters. The minimum absolute atomic E-state index is 0.146. The number of nitrogens with zero attached hydrogens (tertiary/aromatic N) is 1. The van der Waals surface area contributed by atoms with Crippen molar-refractivity contribution in [3.63, 3.8) is 0 Å². The smallest absolute Gasteiger partial charge is 0.127 e. The second-order valence-corrected chi connectivity index (χ2v) is 2.21. The predicted molar refractivity (Wildman–Crippen MR) is 42.7 cm³/mol. The minimum Gasteiger partial charge on any atom is -0.508 e. The summed E-state index contributed by atoms with van der Waals surface area (Å²) in [5, 5.41) is 17.1. The molecule has 0 saturated heterocycles. The molecule has 0 aliphatic rings. The zero-order chi connectivity index (χ0) is 8.97. The maximum Gasteiger partial charge on any atom is 0.127 e. The molecule has 1 N–H and O–H groups in total. The predicted octanol–water partition coefficient (Wildman–Crippen LogP) is 2.07. The Bertz CT molecular complexity index is 332. The Morgan fingerprint density at radius 3 is 2.75 bits per heavy atom. The van der Waals surface area contributed by atoms with Crippen molar-refractivity contribution >= 4 is 6.08 Å². The van der Waals surface area contributed by atoms with Crippen molar-refractivity contribution in [2.24, 2.45) is 0 Å². The Morgan fingerprint density at radius 1 is 1.42 bits per heavy atom. The number of nitriles is 1. The second-order valence-electron chi connectivity index (χ2n) is 2.21. The second kappa shape index (κ2) is 3.54. The van der Waals surface area contributed by atoms with Gasteiger partial charge in [-0.2, -0.15) is 5.26 Å². The number of halogens is 1. The molecule has 3 heteroatoms. The van der Waals surface area contributed by atoms with Gasteiger partial charge in [-0.05, 0) is 23.8 Å². The van der Waals surface area contributed by atoms with E-state index >= 15 is 0 Å². The fraction of sp³-hybridized carbons (Fsp3) is 0. The Hall–Kier alpha value is -1.82. The summed E-state index contributed by atoms with van der Waals surface area (Å²) in [5.41, 5.74) is 0.467. The number of hydrogen-bond donors (Lipinski definition) is 1. The number of phenols is 1. The first-order chi connectivity index (χ1) is 5.72. The first-order valence-corrected chi connectivity index (χ1v) is 3.28. The van der Waals surface area contributed by atoms with Crippen LogP contribution in [0.4, 0.5) is 4.39 Å². The molecule has 0 amide bonds. The van der Waals surface area contributed by atoms with Gasteiger partial charge in [-0.3, -0.25) is 0 Å². The first kappa shape index (κ1) is 8.28. The molecule has 0 aliphatic heterocycles. The van der Waals surface area contributed by atoms with E-state index in [1.807, 2.05) is 0 Å². The van der Waals surface area contributed by atoms with E-state index in [0.29, 0.717) is 5.56 Å². The Kier molecular flexibility index (Phi) is 2.44. The lowest BCUT2D eigenvalue weighted by Gasteiger charge is -1.94. The van der Waals surface area contributed by atoms with Gasteiger partial charge in [0.2, 0.25) is 0 Å². The summed E-state index contributed by atoms with van der Waals surface area (Å²) in [5.74, 6) is -0.667. The number of rotatable bonds is 1. The molecule has 0 aromatic heterocycles. The van der Waals surface area contributed by atoms with E-state index in [0.717, 1.165) is 6.07 Å². The molecule has 1 aromatic rings. The minimum atomic E-state index is -0.521. The molecular formula is C9H6FNO. The van der Waals surface area contributed by atoms with Crippen LogP contribution in [0.1, 0.15) is 5.56 Å². The Morgan fingerprint density at radius 2 is 2.17 bits per heavy atom. The standard InChI is InChI=1S/C9H6FNO/c10-8-4-7(2-1-3-11)5-9(12)6-8/h1-2,4-6,12H. The zero-order valence-corrected chi connectivity index (χ0v) is 6.16. The third-order valence-electron chi connectivity index (χ3n) is 1.26. The van der Waals surface area contributed by atoms with Crippen molar-refractivity contribution in [1.29, 1.82) is 5.26 Å². The zero-order valence-electron chi connectivity index (χ0n) is 6.16. The molecule has 0 bridgehead atoms. The monoisotopic (exact) mass is 163 g/mol. The highest BCUT2D eigenvalue weighted by atomic mass is 19.1. The lowest BCUT2D eigenvalue weighted by atomic mass is 10.2. The highest BCUT2D eigenvalue weighted by molar-refractivity contribution is 5.53. The van der Waals surface area contributed by atoms with Gasteiger partial charge in [-0.25, -0.2) is 4.39 Å². The van der Waals surface area contributed by atoms with Crippen LogP contribution in [0.15, 0.2) is 24.3 Å². The number of hydrogen-bond acceptors (Lipinski definition) is 2. The van der Waals surface area contributed by atoms with Crippen LogP contribution in [0.2, 0.25) is 0 Å². The van der Waals surface area contributed by atoms with Crippen molar-refractivity contribution < 1.29 is 9.50 Å². The summed E-state index contributed by atoms with van der Waals surface area (Å²) in [6, 6.07) is 5.38. The van der Waals surface area contributed by atoms with E-state index < -0.39 is 5.82 Å². The summed E-state index contributed by atoms with van der Waals surface area (Å²) in [6.45, 7) is 0. The van der Waals surface area contributed by atoms with Gasteiger partial charge in [0.1, 0.15) is 11.6 Å². The van der Waals surface area contributed by atoms with Gasteiger partial charge in [0, 0.05) is 12.1 Å². The van der Waals surface area contributed by atoms with Gasteiger partial charge in [0.05, 0.1) is 6.07 Å². The summed E-state index contributed by atoms with van der Waals surface area (Å²) in [7, 11) is 0. The van der Waals surface area contributed by atoms with E-state index in [4.69, 9.17) is 10.4 Å². The van der Waals surface area contributed by atoms with Crippen LogP contribution in [0, 0.1) is 17.1 Å². The number of aromatic hydroxyl groups is 1. The van der Waals surface area contributed by atoms with Gasteiger partial charge in [-0.15, -0.1) is 0 Å². The molecule has 0 aliphatic carbocycles. The molecule has 0 saturated carbocycles. The summed E-state index contributed by atoms with van der Waals surface area (Å²) < 4.78 is 12.6. The van der Waals surface area contributed by atoms with Crippen LogP contribution in [0.25, 0.3) is 6.08 Å². The molecule has 0 radical (unpaired) electrons. The Labute approximate surface area is 69.2 Å². The Balaban J connectivity index is 3.03. The summed E-state index contributed by atoms with van der Waals surface area (Å²) >= 11 is 0. The molecule has 1 rings (SSSR count). The van der Waals surface area contributed by atoms with E-state index in [9.17, 15) is 4.39 Å². The average molecular weight is 163 g/mol. The SMILES string of the molecule is N#CC=Cc1cc(O)cc(F)c1. The van der Waals surface area contributed by atoms with Crippen molar-refractivity contribution in [3.05, 3.63) is 35.7 Å². The highest BCUT2D eigenvalue weighted by Crippen LogP contribution is 2.15. The van der Waals surface area contributed by atoms with Crippen LogP contribution >= 0.6 is 0 Å². The third kappa shape index (κ3) is 2.10. The van der Waals surface area contributed by atoms with Gasteiger partial charge in [-0.1, -0.05) is 0 Å². The van der Waals surface area contributed by atoms with Crippen molar-refractivity contribution in [2.75, 3.05) is 0 Å². The molecule has 12 heavy (non-hydrogen) atoms. The molecule has 0 atom stereocenters. The fourth-order valence-corrected chi connectivity index (χ4v) is 0.826. The van der Waals surface area contributed by atoms with Gasteiger partial charge in [0.15, 0.2) is 0 Å². The van der Waals surface area contributed by atoms with E-state index in [1.165, 1.54) is 24.3 Å². The fourth-order valence-electron chi connectivity index (χ4n) is 0.826. The van der Waals surface area contributed by atoms with E-state index in [-0.39, 0.29) is 5.75 Å². The maximum absolute atomic E-state index is 12.6. The molecule has 60 valence electrons. The van der Waals surface area contributed by atoms with Gasteiger partial charge >= 0.3 is 0 Å². The van der Waals surface area contributed by atoms with Crippen LogP contribution < -0.4 is 0 Å². The molecule has 2 nitrogen and oxygen atoms in total. The quantitative estimate of drug-likeness (QED) is 0.644. The first-order valence-electron chi connectivity index (χ1n) is 3.28. The lowest BCUT2D eigenvalue weighted by Crippen LogP contribution is -1.76. The van der Waals surface area contributed by atoms with Crippen molar-refractivity contribution in [3.8, 4) is 11.8 Å². The maximum atomic E-state index is 12.6. The van der Waals surface area contributed by atoms with Crippen LogP contribution in [-0.2, 0) is 0 Å². The highest BCUT2D eigenvalue weighted by Gasteiger charge is 1.95. The van der Waals surface area contributed by atoms with E-state index in [1.54, 1.807) is 6.07 Å². The van der Waals surface area contributed by atoms with Crippen molar-refractivity contribution in [2.45, 2.75) is 0 Å². The third-order valence-corrected chi connectivity index (χ3v) is 1.26. The molecule has 0 fully saturated rings. The topological polar surface area (TPSA) is 44.0 Å². The van der Waals surface area contributed by atoms with Gasteiger partial charge < -0.3 is 5.11 Å². The van der Waals surface area contributed by atoms with Crippen LogP contribution in [0.3, 0.4) is 0 Å². The molecule has 0 spiro atoms. The van der Waals surface area contributed by atoms with E-state index in [2.05, 4.69) is 0 Å². The lowest BCUT2D eigenvalue weighted by molar-refractivity contribution is 0.469. The van der Waals surface area contributed by atoms with Crippen LogP contribution in [0.5, 0.6) is 5.75 Å². The number of allylic oxidation sites excluding steroid dienone is 1. The average Bonchev–Trinajstić information content (AvgIpc) is 1.99. The largest absolute Gasteiger partial charge is 0.508 e. The normalized spacial score (nSPS) is 10.0. The number of phenolic OH excluding ortho intramolecular Hbond substituents is 1. The van der Waals surface area contributed by atoms with Crippen molar-refractivity contribution in [1.82, 2.24) is 0 Å². The van der Waals surface area contributed by atoms with Crippen LogP contribution in [-0.4, -0.2) is 5.11 Å². The van der Waals surface area contributed by atoms with Gasteiger partial charge in [0.25, 0.3) is 0 Å². The number of benzene rings is 1. The molecule has 1 aromatic carbocycles. The molecule has 0 heterocycles.